The van der Waals surface area contributed by atoms with Crippen LogP contribution in [0.5, 0.6) is 0 Å². The van der Waals surface area contributed by atoms with Crippen LogP contribution in [-0.4, -0.2) is 16.1 Å². The number of carbonyl (C=O) groups is 1. The van der Waals surface area contributed by atoms with E-state index in [1.165, 1.54) is 0 Å². The van der Waals surface area contributed by atoms with Crippen LogP contribution in [0.4, 0.5) is 0 Å². The van der Waals surface area contributed by atoms with E-state index < -0.39 is 11.9 Å². The molecule has 0 aliphatic carbocycles. The monoisotopic (exact) mass is 299 g/mol. The van der Waals surface area contributed by atoms with Gasteiger partial charge in [0.2, 0.25) is 0 Å². The second-order valence-electron chi connectivity index (χ2n) is 5.03. The Kier molecular flexibility index (Phi) is 3.43. The Morgan fingerprint density at radius 1 is 1.19 bits per heavy atom. The molecule has 2 N–H and O–H groups in total. The SMILES string of the molecule is CC(C(=O)O)c1c(-c2ccccc2)[nH]c2ccc(Cl)cc12. The molecule has 0 aliphatic heterocycles. The van der Waals surface area contributed by atoms with Gasteiger partial charge < -0.3 is 10.1 Å². The first-order valence-corrected chi connectivity index (χ1v) is 7.05. The fourth-order valence-corrected chi connectivity index (χ4v) is 2.76. The van der Waals surface area contributed by atoms with Crippen molar-refractivity contribution in [3.63, 3.8) is 0 Å². The van der Waals surface area contributed by atoms with E-state index in [0.29, 0.717) is 5.02 Å². The summed E-state index contributed by atoms with van der Waals surface area (Å²) in [5, 5.41) is 10.9. The third kappa shape index (κ3) is 2.41. The lowest BCUT2D eigenvalue weighted by Crippen LogP contribution is -2.08. The molecule has 1 unspecified atom stereocenters. The van der Waals surface area contributed by atoms with Crippen molar-refractivity contribution in [2.75, 3.05) is 0 Å². The lowest BCUT2D eigenvalue weighted by atomic mass is 9.95. The van der Waals surface area contributed by atoms with Crippen LogP contribution in [0.2, 0.25) is 5.02 Å². The van der Waals surface area contributed by atoms with Crippen molar-refractivity contribution in [3.8, 4) is 11.3 Å². The van der Waals surface area contributed by atoms with Crippen LogP contribution < -0.4 is 0 Å². The molecule has 0 spiro atoms. The molecule has 0 fully saturated rings. The van der Waals surface area contributed by atoms with Crippen LogP contribution in [0.1, 0.15) is 18.4 Å². The van der Waals surface area contributed by atoms with Crippen molar-refractivity contribution in [1.82, 2.24) is 4.98 Å². The van der Waals surface area contributed by atoms with Crippen molar-refractivity contribution in [1.29, 1.82) is 0 Å². The highest BCUT2D eigenvalue weighted by atomic mass is 35.5. The van der Waals surface area contributed by atoms with Gasteiger partial charge in [-0.1, -0.05) is 41.9 Å². The number of hydrogen-bond donors (Lipinski definition) is 2. The predicted molar refractivity (Wildman–Crippen MR) is 84.8 cm³/mol. The Morgan fingerprint density at radius 3 is 2.57 bits per heavy atom. The largest absolute Gasteiger partial charge is 0.481 e. The van der Waals surface area contributed by atoms with Gasteiger partial charge in [-0.25, -0.2) is 0 Å². The van der Waals surface area contributed by atoms with Gasteiger partial charge in [0, 0.05) is 15.9 Å². The molecule has 1 aromatic heterocycles. The van der Waals surface area contributed by atoms with E-state index in [1.54, 1.807) is 13.0 Å². The average Bonchev–Trinajstić information content (AvgIpc) is 2.85. The highest BCUT2D eigenvalue weighted by Gasteiger charge is 2.23. The topological polar surface area (TPSA) is 53.1 Å². The maximum Gasteiger partial charge on any atom is 0.310 e. The van der Waals surface area contributed by atoms with Crippen molar-refractivity contribution < 1.29 is 9.90 Å². The lowest BCUT2D eigenvalue weighted by Gasteiger charge is -2.09. The van der Waals surface area contributed by atoms with Crippen molar-refractivity contribution in [2.45, 2.75) is 12.8 Å². The summed E-state index contributed by atoms with van der Waals surface area (Å²) in [4.78, 5) is 14.8. The smallest absolute Gasteiger partial charge is 0.310 e. The number of H-pyrrole nitrogens is 1. The molecule has 0 saturated carbocycles. The summed E-state index contributed by atoms with van der Waals surface area (Å²) in [5.74, 6) is -1.47. The van der Waals surface area contributed by atoms with Gasteiger partial charge >= 0.3 is 5.97 Å². The molecule has 106 valence electrons. The maximum atomic E-state index is 11.5. The molecule has 4 heteroatoms. The van der Waals surface area contributed by atoms with Crippen molar-refractivity contribution in [3.05, 3.63) is 59.1 Å². The van der Waals surface area contributed by atoms with Crippen LogP contribution in [-0.2, 0) is 4.79 Å². The molecule has 2 aromatic carbocycles. The number of fused-ring (bicyclic) bond motifs is 1. The summed E-state index contributed by atoms with van der Waals surface area (Å²) < 4.78 is 0. The quantitative estimate of drug-likeness (QED) is 0.738. The van der Waals surface area contributed by atoms with Crippen molar-refractivity contribution >= 4 is 28.5 Å². The summed E-state index contributed by atoms with van der Waals surface area (Å²) in [6.45, 7) is 1.69. The zero-order valence-corrected chi connectivity index (χ0v) is 12.2. The number of nitrogens with one attached hydrogen (secondary N) is 1. The molecule has 3 rings (SSSR count). The highest BCUT2D eigenvalue weighted by Crippen LogP contribution is 2.36. The fourth-order valence-electron chi connectivity index (χ4n) is 2.59. The maximum absolute atomic E-state index is 11.5. The van der Waals surface area contributed by atoms with Crippen LogP contribution in [0.3, 0.4) is 0 Å². The molecule has 21 heavy (non-hydrogen) atoms. The summed E-state index contributed by atoms with van der Waals surface area (Å²) >= 11 is 6.07. The summed E-state index contributed by atoms with van der Waals surface area (Å²) in [6.07, 6.45) is 0. The molecule has 0 saturated heterocycles. The standard InChI is InChI=1S/C17H14ClNO2/c1-10(17(20)21)15-13-9-12(18)7-8-14(13)19-16(15)11-5-3-2-4-6-11/h2-10,19H,1H3,(H,20,21). The normalized spacial score (nSPS) is 12.5. The van der Waals surface area contributed by atoms with E-state index in [-0.39, 0.29) is 0 Å². The second-order valence-corrected chi connectivity index (χ2v) is 5.47. The number of benzene rings is 2. The molecule has 1 atom stereocenters. The minimum atomic E-state index is -0.854. The zero-order valence-electron chi connectivity index (χ0n) is 11.4. The Bertz CT molecular complexity index is 808. The minimum absolute atomic E-state index is 0.597. The number of aliphatic carboxylic acids is 1. The molecule has 3 nitrogen and oxygen atoms in total. The number of aromatic amines is 1. The molecule has 1 heterocycles. The van der Waals surface area contributed by atoms with Gasteiger partial charge in [0.15, 0.2) is 0 Å². The van der Waals surface area contributed by atoms with Gasteiger partial charge in [0.05, 0.1) is 11.6 Å². The number of aromatic nitrogens is 1. The van der Waals surface area contributed by atoms with Crippen LogP contribution in [0.25, 0.3) is 22.2 Å². The summed E-state index contributed by atoms with van der Waals surface area (Å²) in [5.41, 5.74) is 3.46. The van der Waals surface area contributed by atoms with Crippen LogP contribution in [0.15, 0.2) is 48.5 Å². The van der Waals surface area contributed by atoms with E-state index in [0.717, 1.165) is 27.7 Å². The number of hydrogen-bond acceptors (Lipinski definition) is 1. The Labute approximate surface area is 127 Å². The Hall–Kier alpha value is -2.26. The van der Waals surface area contributed by atoms with Gasteiger partial charge in [0.25, 0.3) is 0 Å². The Morgan fingerprint density at radius 2 is 1.90 bits per heavy atom. The number of halogens is 1. The molecule has 3 aromatic rings. The first kappa shape index (κ1) is 13.7. The fraction of sp³-hybridized carbons (Fsp3) is 0.118. The molecular weight excluding hydrogens is 286 g/mol. The summed E-state index contributed by atoms with van der Waals surface area (Å²) in [7, 11) is 0. The minimum Gasteiger partial charge on any atom is -0.481 e. The van der Waals surface area contributed by atoms with E-state index >= 15 is 0 Å². The third-order valence-electron chi connectivity index (χ3n) is 3.67. The van der Waals surface area contributed by atoms with Gasteiger partial charge in [-0.2, -0.15) is 0 Å². The van der Waals surface area contributed by atoms with E-state index in [9.17, 15) is 9.90 Å². The third-order valence-corrected chi connectivity index (χ3v) is 3.90. The first-order chi connectivity index (χ1) is 10.1. The second kappa shape index (κ2) is 5.26. The number of carboxylic acid groups (broad SMARTS) is 1. The van der Waals surface area contributed by atoms with Gasteiger partial charge in [-0.05, 0) is 36.2 Å². The van der Waals surface area contributed by atoms with E-state index in [4.69, 9.17) is 11.6 Å². The number of rotatable bonds is 3. The molecule has 0 bridgehead atoms. The van der Waals surface area contributed by atoms with E-state index in [1.807, 2.05) is 42.5 Å². The summed E-state index contributed by atoms with van der Waals surface area (Å²) in [6, 6.07) is 15.2. The molecule has 0 amide bonds. The molecular formula is C17H14ClNO2. The number of carboxylic acids is 1. The van der Waals surface area contributed by atoms with Gasteiger partial charge in [-0.15, -0.1) is 0 Å². The van der Waals surface area contributed by atoms with Crippen LogP contribution >= 0.6 is 11.6 Å². The highest BCUT2D eigenvalue weighted by molar-refractivity contribution is 6.31. The lowest BCUT2D eigenvalue weighted by molar-refractivity contribution is -0.138. The van der Waals surface area contributed by atoms with Crippen LogP contribution in [0, 0.1) is 0 Å². The average molecular weight is 300 g/mol. The van der Waals surface area contributed by atoms with E-state index in [2.05, 4.69) is 4.98 Å². The first-order valence-electron chi connectivity index (χ1n) is 6.67. The van der Waals surface area contributed by atoms with Crippen molar-refractivity contribution in [2.24, 2.45) is 0 Å². The Balaban J connectivity index is 2.33. The predicted octanol–water partition coefficient (Wildman–Crippen LogP) is 4.68. The molecule has 0 radical (unpaired) electrons. The van der Waals surface area contributed by atoms with Gasteiger partial charge in [-0.3, -0.25) is 4.79 Å². The zero-order chi connectivity index (χ0) is 15.0. The molecule has 0 aliphatic rings. The van der Waals surface area contributed by atoms with Gasteiger partial charge in [0.1, 0.15) is 0 Å².